The second kappa shape index (κ2) is 7.45. The summed E-state index contributed by atoms with van der Waals surface area (Å²) in [6.45, 7) is 1.54. The van der Waals surface area contributed by atoms with Crippen molar-refractivity contribution in [1.29, 1.82) is 0 Å². The molecule has 1 fully saturated rings. The van der Waals surface area contributed by atoms with E-state index in [4.69, 9.17) is 9.15 Å². The minimum Gasteiger partial charge on any atom is -0.431 e. The van der Waals surface area contributed by atoms with E-state index in [9.17, 15) is 8.42 Å². The van der Waals surface area contributed by atoms with E-state index >= 15 is 0 Å². The Morgan fingerprint density at radius 1 is 1.10 bits per heavy atom. The standard InChI is InChI=1S/C19H18N4O4S2/c24-29(25,23-7-9-26-10-8-23)15-4-5-17-16(11-15)21-19(27-17)28-13-14-12-22-6-2-1-3-18(22)20-14/h1-6,11-12H,7-10,13H2. The van der Waals surface area contributed by atoms with Crippen LogP contribution in [0.15, 0.2) is 63.3 Å². The summed E-state index contributed by atoms with van der Waals surface area (Å²) in [5.41, 5.74) is 2.89. The van der Waals surface area contributed by atoms with Gasteiger partial charge >= 0.3 is 0 Å². The fraction of sp³-hybridized carbons (Fsp3) is 0.263. The van der Waals surface area contributed by atoms with Crippen LogP contribution in [0.2, 0.25) is 0 Å². The number of pyridine rings is 1. The molecule has 0 N–H and O–H groups in total. The summed E-state index contributed by atoms with van der Waals surface area (Å²) in [7, 11) is -3.56. The molecule has 0 amide bonds. The highest BCUT2D eigenvalue weighted by molar-refractivity contribution is 7.98. The van der Waals surface area contributed by atoms with E-state index in [1.165, 1.54) is 16.1 Å². The van der Waals surface area contributed by atoms with Gasteiger partial charge in [-0.1, -0.05) is 17.8 Å². The quantitative estimate of drug-likeness (QED) is 0.450. The third-order valence-electron chi connectivity index (χ3n) is 4.70. The summed E-state index contributed by atoms with van der Waals surface area (Å²) in [5, 5.41) is 0.484. The van der Waals surface area contributed by atoms with E-state index in [0.717, 1.165) is 11.3 Å². The summed E-state index contributed by atoms with van der Waals surface area (Å²) in [6, 6.07) is 10.6. The van der Waals surface area contributed by atoms with Crippen LogP contribution in [0, 0.1) is 0 Å². The fourth-order valence-electron chi connectivity index (χ4n) is 3.24. The molecular weight excluding hydrogens is 412 g/mol. The van der Waals surface area contributed by atoms with Gasteiger partial charge in [-0.15, -0.1) is 0 Å². The SMILES string of the molecule is O=S(=O)(c1ccc2oc(SCc3cn4ccccc4n3)nc2c1)N1CCOCC1. The molecule has 3 aromatic heterocycles. The average Bonchev–Trinajstić information content (AvgIpc) is 3.35. The Kier molecular flexibility index (Phi) is 4.78. The lowest BCUT2D eigenvalue weighted by atomic mass is 10.3. The smallest absolute Gasteiger partial charge is 0.257 e. The molecule has 29 heavy (non-hydrogen) atoms. The molecule has 0 bridgehead atoms. The highest BCUT2D eigenvalue weighted by atomic mass is 32.2. The zero-order valence-corrected chi connectivity index (χ0v) is 17.0. The molecule has 0 unspecified atom stereocenters. The highest BCUT2D eigenvalue weighted by Gasteiger charge is 2.27. The Morgan fingerprint density at radius 2 is 1.97 bits per heavy atom. The van der Waals surface area contributed by atoms with Crippen molar-refractivity contribution in [3.05, 3.63) is 54.5 Å². The molecule has 0 atom stereocenters. The summed E-state index contributed by atoms with van der Waals surface area (Å²) in [4.78, 5) is 9.23. The number of sulfonamides is 1. The van der Waals surface area contributed by atoms with E-state index in [1.807, 2.05) is 35.0 Å². The maximum absolute atomic E-state index is 12.8. The number of hydrogen-bond acceptors (Lipinski definition) is 7. The summed E-state index contributed by atoms with van der Waals surface area (Å²) in [6.07, 6.45) is 3.92. The van der Waals surface area contributed by atoms with Crippen molar-refractivity contribution in [3.8, 4) is 0 Å². The predicted octanol–water partition coefficient (Wildman–Crippen LogP) is 2.79. The lowest BCUT2D eigenvalue weighted by molar-refractivity contribution is 0.0730. The number of aromatic nitrogens is 3. The first kappa shape index (κ1) is 18.6. The van der Waals surface area contributed by atoms with Crippen LogP contribution in [-0.2, 0) is 20.5 Å². The Balaban J connectivity index is 1.36. The van der Waals surface area contributed by atoms with Crippen LogP contribution < -0.4 is 0 Å². The zero-order valence-electron chi connectivity index (χ0n) is 15.4. The molecule has 150 valence electrons. The Bertz CT molecular complexity index is 1240. The predicted molar refractivity (Wildman–Crippen MR) is 108 cm³/mol. The van der Waals surface area contributed by atoms with Gasteiger partial charge in [-0.25, -0.2) is 18.4 Å². The first-order chi connectivity index (χ1) is 14.1. The molecule has 0 radical (unpaired) electrons. The first-order valence-corrected chi connectivity index (χ1v) is 11.6. The largest absolute Gasteiger partial charge is 0.431 e. The Morgan fingerprint density at radius 3 is 2.79 bits per heavy atom. The van der Waals surface area contributed by atoms with Gasteiger partial charge in [0.2, 0.25) is 10.0 Å². The van der Waals surface area contributed by atoms with Gasteiger partial charge in [0.05, 0.1) is 23.8 Å². The van der Waals surface area contributed by atoms with Crippen LogP contribution in [0.1, 0.15) is 5.69 Å². The number of imidazole rings is 1. The third kappa shape index (κ3) is 3.64. The summed E-state index contributed by atoms with van der Waals surface area (Å²) >= 11 is 1.43. The molecule has 5 rings (SSSR count). The molecule has 0 saturated carbocycles. The van der Waals surface area contributed by atoms with Crippen molar-refractivity contribution in [1.82, 2.24) is 18.7 Å². The molecular formula is C19H18N4O4S2. The number of ether oxygens (including phenoxy) is 1. The van der Waals surface area contributed by atoms with Gasteiger partial charge in [0.15, 0.2) is 5.58 Å². The van der Waals surface area contributed by atoms with Gasteiger partial charge in [-0.2, -0.15) is 4.31 Å². The number of rotatable bonds is 5. The van der Waals surface area contributed by atoms with Gasteiger partial charge < -0.3 is 13.6 Å². The van der Waals surface area contributed by atoms with Gasteiger partial charge in [0, 0.05) is 31.2 Å². The van der Waals surface area contributed by atoms with Crippen molar-refractivity contribution in [2.75, 3.05) is 26.3 Å². The Hall–Kier alpha value is -2.40. The van der Waals surface area contributed by atoms with Gasteiger partial charge in [0.25, 0.3) is 5.22 Å². The van der Waals surface area contributed by atoms with Gasteiger partial charge in [-0.3, -0.25) is 0 Å². The molecule has 1 aliphatic heterocycles. The van der Waals surface area contributed by atoms with Crippen LogP contribution in [0.25, 0.3) is 16.7 Å². The molecule has 1 aromatic carbocycles. The molecule has 1 aliphatic rings. The van der Waals surface area contributed by atoms with E-state index < -0.39 is 10.0 Å². The molecule has 10 heteroatoms. The topological polar surface area (TPSA) is 89.9 Å². The van der Waals surface area contributed by atoms with Gasteiger partial charge in [-0.05, 0) is 30.3 Å². The number of nitrogens with zero attached hydrogens (tertiary/aromatic N) is 4. The van der Waals surface area contributed by atoms with E-state index in [2.05, 4.69) is 9.97 Å². The van der Waals surface area contributed by atoms with Crippen LogP contribution >= 0.6 is 11.8 Å². The van der Waals surface area contributed by atoms with Crippen molar-refractivity contribution < 1.29 is 17.6 Å². The third-order valence-corrected chi connectivity index (χ3v) is 7.46. The lowest BCUT2D eigenvalue weighted by Crippen LogP contribution is -2.40. The van der Waals surface area contributed by atoms with Crippen LogP contribution in [-0.4, -0.2) is 53.4 Å². The minimum absolute atomic E-state index is 0.220. The average molecular weight is 431 g/mol. The molecule has 0 aliphatic carbocycles. The minimum atomic E-state index is -3.56. The van der Waals surface area contributed by atoms with E-state index in [1.54, 1.807) is 18.2 Å². The lowest BCUT2D eigenvalue weighted by Gasteiger charge is -2.25. The maximum atomic E-state index is 12.8. The molecule has 1 saturated heterocycles. The van der Waals surface area contributed by atoms with Crippen molar-refractivity contribution in [2.45, 2.75) is 15.9 Å². The summed E-state index contributed by atoms with van der Waals surface area (Å²) in [5.74, 6) is 0.605. The molecule has 0 spiro atoms. The number of morpholine rings is 1. The number of hydrogen-bond donors (Lipinski definition) is 0. The maximum Gasteiger partial charge on any atom is 0.257 e. The molecule has 8 nitrogen and oxygen atoms in total. The van der Waals surface area contributed by atoms with E-state index in [-0.39, 0.29) is 4.90 Å². The van der Waals surface area contributed by atoms with Crippen molar-refractivity contribution >= 4 is 38.5 Å². The monoisotopic (exact) mass is 430 g/mol. The second-order valence-electron chi connectivity index (χ2n) is 6.61. The van der Waals surface area contributed by atoms with E-state index in [0.29, 0.717) is 48.4 Å². The van der Waals surface area contributed by atoms with Crippen LogP contribution in [0.4, 0.5) is 0 Å². The van der Waals surface area contributed by atoms with Crippen molar-refractivity contribution in [2.24, 2.45) is 0 Å². The number of thioether (sulfide) groups is 1. The second-order valence-corrected chi connectivity index (χ2v) is 9.48. The highest BCUT2D eigenvalue weighted by Crippen LogP contribution is 2.28. The summed E-state index contributed by atoms with van der Waals surface area (Å²) < 4.78 is 40.1. The number of oxazole rings is 1. The molecule has 4 heterocycles. The first-order valence-electron chi connectivity index (χ1n) is 9.13. The van der Waals surface area contributed by atoms with Crippen LogP contribution in [0.5, 0.6) is 0 Å². The number of fused-ring (bicyclic) bond motifs is 2. The molecule has 4 aromatic rings. The number of benzene rings is 1. The van der Waals surface area contributed by atoms with Crippen LogP contribution in [0.3, 0.4) is 0 Å². The Labute approximate surface area is 171 Å². The van der Waals surface area contributed by atoms with Gasteiger partial charge in [0.1, 0.15) is 11.2 Å². The zero-order chi connectivity index (χ0) is 19.8. The van der Waals surface area contributed by atoms with Crippen molar-refractivity contribution in [3.63, 3.8) is 0 Å². The fourth-order valence-corrected chi connectivity index (χ4v) is 5.39. The normalized spacial score (nSPS) is 16.0.